The zero-order valence-corrected chi connectivity index (χ0v) is 16.5. The number of rotatable bonds is 2. The van der Waals surface area contributed by atoms with Crippen molar-refractivity contribution in [2.45, 2.75) is 29.4 Å². The molecule has 2 unspecified atom stereocenters. The number of fused-ring (bicyclic) bond motifs is 1. The monoisotopic (exact) mass is 522 g/mol. The van der Waals surface area contributed by atoms with E-state index in [2.05, 4.69) is 36.5 Å². The van der Waals surface area contributed by atoms with Gasteiger partial charge in [-0.25, -0.2) is 0 Å². The second-order valence-corrected chi connectivity index (χ2v) is 10.5. The molecule has 0 aromatic heterocycles. The molecule has 0 heterocycles. The average molecular weight is 523 g/mol. The molecule has 1 saturated carbocycles. The smallest absolute Gasteiger partial charge is 1.00 e. The standard InChI is InChI=1S/C9H11.C5H5.2BrH.Hf/c1-2-5-9-7-3-6-8(9)4-1;1-2-4-5-3-1;;;/h1-2,4,6,9H,3,5,7H2;1-3H,4H2;2*1H;/q;;;;+2/p-2. The molecule has 17 heavy (non-hydrogen) atoms. The Morgan fingerprint density at radius 2 is 1.82 bits per heavy atom. The molecule has 2 atom stereocenters. The van der Waals surface area contributed by atoms with Crippen LogP contribution >= 0.6 is 0 Å². The molecule has 0 aromatic rings. The summed E-state index contributed by atoms with van der Waals surface area (Å²) in [7, 11) is 0. The summed E-state index contributed by atoms with van der Waals surface area (Å²) in [5, 5.41) is 0. The van der Waals surface area contributed by atoms with E-state index in [1.807, 2.05) is 8.90 Å². The van der Waals surface area contributed by atoms with Gasteiger partial charge in [-0.2, -0.15) is 0 Å². The van der Waals surface area contributed by atoms with Crippen LogP contribution in [0.3, 0.4) is 0 Å². The molecule has 0 spiro atoms. The molecule has 3 rings (SSSR count). The Balaban J connectivity index is 0.000000722. The molecule has 0 aliphatic heterocycles. The van der Waals surface area contributed by atoms with Crippen LogP contribution in [0.2, 0.25) is 3.67 Å². The van der Waals surface area contributed by atoms with Gasteiger partial charge in [-0.05, 0) is 0 Å². The molecule has 1 fully saturated rings. The van der Waals surface area contributed by atoms with Crippen molar-refractivity contribution in [2.24, 2.45) is 5.92 Å². The van der Waals surface area contributed by atoms with Gasteiger partial charge in [-0.1, -0.05) is 0 Å². The zero-order chi connectivity index (χ0) is 10.1. The van der Waals surface area contributed by atoms with Crippen LogP contribution in [0, 0.1) is 5.92 Å². The number of hydrogen-bond acceptors (Lipinski definition) is 0. The molecule has 3 aliphatic carbocycles. The molecule has 3 aliphatic rings. The van der Waals surface area contributed by atoms with Gasteiger partial charge < -0.3 is 34.0 Å². The van der Waals surface area contributed by atoms with Gasteiger partial charge >= 0.3 is 104 Å². The van der Waals surface area contributed by atoms with Crippen molar-refractivity contribution in [1.82, 2.24) is 0 Å². The van der Waals surface area contributed by atoms with E-state index < -0.39 is 22.9 Å². The number of hydrogen-bond donors (Lipinski definition) is 0. The maximum absolute atomic E-state index is 2.43. The third-order valence-electron chi connectivity index (χ3n) is 3.65. The van der Waals surface area contributed by atoms with Crippen molar-refractivity contribution in [1.29, 1.82) is 0 Å². The van der Waals surface area contributed by atoms with Crippen molar-refractivity contribution in [2.75, 3.05) is 0 Å². The third-order valence-corrected chi connectivity index (χ3v) is 9.80. The van der Waals surface area contributed by atoms with Crippen molar-refractivity contribution >= 4 is 0 Å². The van der Waals surface area contributed by atoms with Crippen molar-refractivity contribution in [3.8, 4) is 0 Å². The number of halogens is 2. The molecule has 0 nitrogen and oxygen atoms in total. The van der Waals surface area contributed by atoms with E-state index in [0.717, 1.165) is 9.59 Å². The van der Waals surface area contributed by atoms with E-state index in [1.165, 1.54) is 25.7 Å². The molecular formula is C14H16Br2Hf. The van der Waals surface area contributed by atoms with Crippen LogP contribution in [0.4, 0.5) is 0 Å². The molecule has 0 bridgehead atoms. The van der Waals surface area contributed by atoms with E-state index in [4.69, 9.17) is 0 Å². The van der Waals surface area contributed by atoms with Crippen molar-refractivity contribution in [3.05, 3.63) is 45.4 Å². The molecule has 3 heteroatoms. The Bertz CT molecular complexity index is 380. The molecular weight excluding hydrogens is 506 g/mol. The van der Waals surface area contributed by atoms with Gasteiger partial charge in [0.1, 0.15) is 0 Å². The van der Waals surface area contributed by atoms with Crippen LogP contribution < -0.4 is 34.0 Å². The van der Waals surface area contributed by atoms with Gasteiger partial charge in [0.25, 0.3) is 0 Å². The van der Waals surface area contributed by atoms with Crippen LogP contribution in [0.1, 0.15) is 25.7 Å². The van der Waals surface area contributed by atoms with Crippen LogP contribution in [0.15, 0.2) is 45.4 Å². The Morgan fingerprint density at radius 1 is 1.00 bits per heavy atom. The first-order chi connectivity index (χ1) is 7.43. The van der Waals surface area contributed by atoms with Crippen LogP contribution in [-0.4, -0.2) is 0 Å². The summed E-state index contributed by atoms with van der Waals surface area (Å²) in [6.07, 6.45) is 19.6. The summed E-state index contributed by atoms with van der Waals surface area (Å²) < 4.78 is 2.88. The zero-order valence-electron chi connectivity index (χ0n) is 9.70. The van der Waals surface area contributed by atoms with Crippen molar-refractivity contribution < 1.29 is 56.9 Å². The Kier molecular flexibility index (Phi) is 6.89. The van der Waals surface area contributed by atoms with Gasteiger partial charge in [0.15, 0.2) is 0 Å². The molecule has 0 saturated heterocycles. The summed E-state index contributed by atoms with van der Waals surface area (Å²) in [4.78, 5) is 0. The minimum atomic E-state index is -0.531. The SMILES string of the molecule is C1=CC[C]([Hf+2][CH]2CCC3CC=CC=C32)=C1.[Br-].[Br-]. The molecule has 0 radical (unpaired) electrons. The van der Waals surface area contributed by atoms with E-state index >= 15 is 0 Å². The second kappa shape index (κ2) is 7.40. The summed E-state index contributed by atoms with van der Waals surface area (Å²) in [6.45, 7) is 0. The molecule has 90 valence electrons. The predicted molar refractivity (Wildman–Crippen MR) is 60.2 cm³/mol. The van der Waals surface area contributed by atoms with Crippen LogP contribution in [0.25, 0.3) is 0 Å². The molecule has 0 N–H and O–H groups in total. The summed E-state index contributed by atoms with van der Waals surface area (Å²) in [5.41, 5.74) is 1.83. The van der Waals surface area contributed by atoms with Crippen LogP contribution in [0.5, 0.6) is 0 Å². The fraction of sp³-hybridized carbons (Fsp3) is 0.429. The first-order valence-corrected chi connectivity index (χ1v) is 9.79. The van der Waals surface area contributed by atoms with Gasteiger partial charge in [0.2, 0.25) is 0 Å². The summed E-state index contributed by atoms with van der Waals surface area (Å²) in [5.74, 6) is 0.933. The first-order valence-electron chi connectivity index (χ1n) is 5.92. The maximum Gasteiger partial charge on any atom is -1.00 e. The maximum atomic E-state index is 2.43. The minimum Gasteiger partial charge on any atom is -1.00 e. The van der Waals surface area contributed by atoms with Gasteiger partial charge in [0, 0.05) is 0 Å². The fourth-order valence-corrected chi connectivity index (χ4v) is 8.90. The Labute approximate surface area is 136 Å². The fourth-order valence-electron chi connectivity index (χ4n) is 2.85. The Morgan fingerprint density at radius 3 is 2.59 bits per heavy atom. The molecule has 0 amide bonds. The summed E-state index contributed by atoms with van der Waals surface area (Å²) in [6, 6.07) is 0. The number of allylic oxidation sites excluding steroid dienone is 8. The van der Waals surface area contributed by atoms with Gasteiger partial charge in [-0.3, -0.25) is 0 Å². The van der Waals surface area contributed by atoms with Gasteiger partial charge in [0.05, 0.1) is 0 Å². The average Bonchev–Trinajstić information content (AvgIpc) is 2.89. The topological polar surface area (TPSA) is 0 Å². The van der Waals surface area contributed by atoms with E-state index in [1.54, 1.807) is 0 Å². The summed E-state index contributed by atoms with van der Waals surface area (Å²) >= 11 is -0.531. The van der Waals surface area contributed by atoms with Crippen molar-refractivity contribution in [3.63, 3.8) is 0 Å². The first kappa shape index (κ1) is 15.8. The largest absolute Gasteiger partial charge is 1.00 e. The van der Waals surface area contributed by atoms with E-state index in [0.29, 0.717) is 0 Å². The molecule has 0 aromatic carbocycles. The van der Waals surface area contributed by atoms with E-state index in [9.17, 15) is 0 Å². The quantitative estimate of drug-likeness (QED) is 0.369. The normalized spacial score (nSPS) is 28.5. The van der Waals surface area contributed by atoms with Crippen LogP contribution in [-0.2, 0) is 22.9 Å². The predicted octanol–water partition coefficient (Wildman–Crippen LogP) is -1.99. The minimum absolute atomic E-state index is 0. The second-order valence-electron chi connectivity index (χ2n) is 4.63. The third kappa shape index (κ3) is 3.63. The Hall–Kier alpha value is 0.790. The van der Waals surface area contributed by atoms with Gasteiger partial charge in [-0.15, -0.1) is 0 Å². The van der Waals surface area contributed by atoms with E-state index in [-0.39, 0.29) is 34.0 Å².